The van der Waals surface area contributed by atoms with Crippen LogP contribution in [-0.2, 0) is 4.79 Å². The highest BCUT2D eigenvalue weighted by Gasteiger charge is 2.23. The molecule has 27 heavy (non-hydrogen) atoms. The molecule has 2 amide bonds. The number of carbonyl (C=O) groups excluding carboxylic acids is 2. The molecular weight excluding hydrogens is 416 g/mol. The predicted molar refractivity (Wildman–Crippen MR) is 104 cm³/mol. The van der Waals surface area contributed by atoms with E-state index in [1.807, 2.05) is 6.07 Å². The lowest BCUT2D eigenvalue weighted by molar-refractivity contribution is -0.129. The smallest absolute Gasteiger partial charge is 0.278 e. The Morgan fingerprint density at radius 2 is 1.96 bits per heavy atom. The summed E-state index contributed by atoms with van der Waals surface area (Å²) < 4.78 is 0.411. The molecule has 2 aromatic heterocycles. The number of amides is 2. The first kappa shape index (κ1) is 19.0. The lowest BCUT2D eigenvalue weighted by Gasteiger charge is -2.36. The van der Waals surface area contributed by atoms with Gasteiger partial charge in [0.25, 0.3) is 5.91 Å². The van der Waals surface area contributed by atoms with E-state index in [9.17, 15) is 9.59 Å². The van der Waals surface area contributed by atoms with Crippen molar-refractivity contribution in [3.8, 4) is 0 Å². The van der Waals surface area contributed by atoms with Crippen LogP contribution in [0.2, 0.25) is 0 Å². The molecule has 0 bridgehead atoms. The molecule has 1 fully saturated rings. The number of rotatable bonds is 4. The zero-order valence-electron chi connectivity index (χ0n) is 14.4. The van der Waals surface area contributed by atoms with Crippen molar-refractivity contribution in [3.05, 3.63) is 35.0 Å². The van der Waals surface area contributed by atoms with Crippen LogP contribution in [0.3, 0.4) is 0 Å². The van der Waals surface area contributed by atoms with E-state index in [0.717, 1.165) is 5.69 Å². The minimum atomic E-state index is -0.479. The van der Waals surface area contributed by atoms with Gasteiger partial charge in [0.1, 0.15) is 4.60 Å². The summed E-state index contributed by atoms with van der Waals surface area (Å²) in [5, 5.41) is 2.79. The van der Waals surface area contributed by atoms with E-state index < -0.39 is 5.91 Å². The second-order valence-corrected chi connectivity index (χ2v) is 6.66. The van der Waals surface area contributed by atoms with E-state index in [0.29, 0.717) is 36.5 Å². The average Bonchev–Trinajstić information content (AvgIpc) is 2.69. The van der Waals surface area contributed by atoms with E-state index in [-0.39, 0.29) is 24.0 Å². The number of carbonyl (C=O) groups is 2. The van der Waals surface area contributed by atoms with Gasteiger partial charge in [-0.05, 0) is 22.0 Å². The summed E-state index contributed by atoms with van der Waals surface area (Å²) in [6, 6.07) is 1.81. The molecule has 3 rings (SSSR count). The van der Waals surface area contributed by atoms with E-state index >= 15 is 0 Å². The molecule has 0 unspecified atom stereocenters. The average molecular weight is 435 g/mol. The molecule has 11 heteroatoms. The molecule has 1 saturated heterocycles. The van der Waals surface area contributed by atoms with Crippen molar-refractivity contribution in [3.63, 3.8) is 0 Å². The largest absolute Gasteiger partial charge is 0.382 e. The van der Waals surface area contributed by atoms with Gasteiger partial charge in [0.2, 0.25) is 5.91 Å². The predicted octanol–water partition coefficient (Wildman–Crippen LogP) is 0.0759. The van der Waals surface area contributed by atoms with Crippen LogP contribution in [0, 0.1) is 0 Å². The van der Waals surface area contributed by atoms with Crippen molar-refractivity contribution >= 4 is 44.9 Å². The Hall–Kier alpha value is -2.79. The van der Waals surface area contributed by atoms with Crippen LogP contribution in [0.15, 0.2) is 29.3 Å². The number of halogens is 1. The fraction of sp³-hybridized carbons (Fsp3) is 0.312. The van der Waals surface area contributed by atoms with Crippen LogP contribution in [-0.4, -0.2) is 64.4 Å². The van der Waals surface area contributed by atoms with Crippen LogP contribution in [0.5, 0.6) is 0 Å². The normalized spacial score (nSPS) is 14.1. The van der Waals surface area contributed by atoms with Crippen molar-refractivity contribution in [2.24, 2.45) is 5.73 Å². The number of piperazine rings is 1. The number of nitrogens with two attached hydrogens (primary N) is 2. The number of nitrogens with one attached hydrogen (secondary N) is 1. The zero-order valence-corrected chi connectivity index (χ0v) is 16.0. The Balaban J connectivity index is 1.76. The van der Waals surface area contributed by atoms with Gasteiger partial charge in [-0.1, -0.05) is 0 Å². The molecule has 1 aliphatic rings. The summed E-state index contributed by atoms with van der Waals surface area (Å²) in [6.07, 6.45) is 4.63. The van der Waals surface area contributed by atoms with Crippen molar-refractivity contribution in [2.75, 3.05) is 48.7 Å². The quantitative estimate of drug-likeness (QED) is 0.613. The Bertz CT molecular complexity index is 854. The number of anilines is 3. The summed E-state index contributed by atoms with van der Waals surface area (Å²) >= 11 is 3.18. The molecule has 5 N–H and O–H groups in total. The first-order valence-electron chi connectivity index (χ1n) is 8.25. The van der Waals surface area contributed by atoms with Crippen molar-refractivity contribution in [1.82, 2.24) is 19.9 Å². The highest BCUT2D eigenvalue weighted by atomic mass is 79.9. The van der Waals surface area contributed by atoms with Crippen molar-refractivity contribution < 1.29 is 9.59 Å². The molecule has 0 aromatic carbocycles. The first-order valence-corrected chi connectivity index (χ1v) is 9.05. The maximum atomic E-state index is 12.6. The fourth-order valence-corrected chi connectivity index (χ4v) is 3.09. The number of hydrogen-bond acceptors (Lipinski definition) is 8. The molecule has 1 aliphatic heterocycles. The third-order valence-corrected chi connectivity index (χ3v) is 4.56. The highest BCUT2D eigenvalue weighted by molar-refractivity contribution is 9.10. The van der Waals surface area contributed by atoms with Crippen LogP contribution >= 0.6 is 15.9 Å². The van der Waals surface area contributed by atoms with Gasteiger partial charge >= 0.3 is 0 Å². The summed E-state index contributed by atoms with van der Waals surface area (Å²) in [6.45, 7) is 2.38. The Morgan fingerprint density at radius 3 is 2.67 bits per heavy atom. The molecule has 2 aromatic rings. The number of aromatic nitrogens is 3. The van der Waals surface area contributed by atoms with E-state index in [2.05, 4.69) is 41.1 Å². The summed E-state index contributed by atoms with van der Waals surface area (Å²) in [4.78, 5) is 40.2. The minimum Gasteiger partial charge on any atom is -0.382 e. The third kappa shape index (κ3) is 4.31. The first-order chi connectivity index (χ1) is 13.0. The number of hydrogen-bond donors (Lipinski definition) is 3. The van der Waals surface area contributed by atoms with Gasteiger partial charge in [0.05, 0.1) is 30.3 Å². The number of nitrogens with zero attached hydrogens (tertiary/aromatic N) is 5. The SMILES string of the molecule is NCC(=O)N1CCN(c2ccncc2NC(=O)c2nc(Br)cnc2N)CC1. The maximum absolute atomic E-state index is 12.6. The Morgan fingerprint density at radius 1 is 1.22 bits per heavy atom. The standard InChI is InChI=1S/C16H19BrN8O2/c17-12-9-21-15(19)14(23-12)16(27)22-10-8-20-2-1-11(10)24-3-5-25(6-4-24)13(26)7-18/h1-2,8-9H,3-7,18H2,(H2,19,21)(H,22,27). The van der Waals surface area contributed by atoms with E-state index in [4.69, 9.17) is 11.5 Å². The lowest BCUT2D eigenvalue weighted by atomic mass is 10.2. The van der Waals surface area contributed by atoms with Gasteiger partial charge in [0.15, 0.2) is 11.5 Å². The second-order valence-electron chi connectivity index (χ2n) is 5.85. The monoisotopic (exact) mass is 434 g/mol. The van der Waals surface area contributed by atoms with Crippen LogP contribution < -0.4 is 21.7 Å². The highest BCUT2D eigenvalue weighted by Crippen LogP contribution is 2.26. The molecule has 0 atom stereocenters. The Kier molecular flexibility index (Phi) is 5.81. The van der Waals surface area contributed by atoms with Gasteiger partial charge in [-0.15, -0.1) is 0 Å². The van der Waals surface area contributed by atoms with Gasteiger partial charge < -0.3 is 26.6 Å². The fourth-order valence-electron chi connectivity index (χ4n) is 2.81. The molecule has 3 heterocycles. The molecular formula is C16H19BrN8O2. The minimum absolute atomic E-state index is 0.00561. The van der Waals surface area contributed by atoms with Crippen LogP contribution in [0.1, 0.15) is 10.5 Å². The third-order valence-electron chi connectivity index (χ3n) is 4.18. The van der Waals surface area contributed by atoms with Gasteiger partial charge in [-0.25, -0.2) is 9.97 Å². The van der Waals surface area contributed by atoms with Gasteiger partial charge in [-0.2, -0.15) is 0 Å². The summed E-state index contributed by atoms with van der Waals surface area (Å²) in [5.41, 5.74) is 12.5. The maximum Gasteiger partial charge on any atom is 0.278 e. The molecule has 10 nitrogen and oxygen atoms in total. The molecule has 0 radical (unpaired) electrons. The van der Waals surface area contributed by atoms with E-state index in [1.54, 1.807) is 17.3 Å². The number of pyridine rings is 1. The van der Waals surface area contributed by atoms with E-state index in [1.165, 1.54) is 6.20 Å². The molecule has 0 spiro atoms. The van der Waals surface area contributed by atoms with Crippen molar-refractivity contribution in [1.29, 1.82) is 0 Å². The van der Waals surface area contributed by atoms with Crippen molar-refractivity contribution in [2.45, 2.75) is 0 Å². The second kappa shape index (κ2) is 8.27. The zero-order chi connectivity index (χ0) is 19.4. The Labute approximate surface area is 164 Å². The summed E-state index contributed by atoms with van der Waals surface area (Å²) in [7, 11) is 0. The number of nitrogen functional groups attached to an aromatic ring is 1. The molecule has 0 saturated carbocycles. The molecule has 0 aliphatic carbocycles. The summed E-state index contributed by atoms with van der Waals surface area (Å²) in [5.74, 6) is -0.510. The van der Waals surface area contributed by atoms with Gasteiger partial charge in [-0.3, -0.25) is 14.6 Å². The van der Waals surface area contributed by atoms with Gasteiger partial charge in [0, 0.05) is 32.4 Å². The van der Waals surface area contributed by atoms with Crippen LogP contribution in [0.4, 0.5) is 17.2 Å². The lowest BCUT2D eigenvalue weighted by Crippen LogP contribution is -2.50. The topological polar surface area (TPSA) is 143 Å². The van der Waals surface area contributed by atoms with Crippen LogP contribution in [0.25, 0.3) is 0 Å². The molecule has 142 valence electrons.